The number of carbonyl (C=O) groups is 3. The molecule has 2 heterocycles. The molecule has 2 aliphatic rings. The van der Waals surface area contributed by atoms with Crippen molar-refractivity contribution in [2.24, 2.45) is 7.05 Å². The number of nitrogens with zero attached hydrogens (tertiary/aromatic N) is 2. The van der Waals surface area contributed by atoms with Gasteiger partial charge in [0.1, 0.15) is 39.8 Å². The van der Waals surface area contributed by atoms with Crippen LogP contribution in [0.2, 0.25) is 0 Å². The van der Waals surface area contributed by atoms with E-state index in [0.717, 1.165) is 16.9 Å². The third-order valence-electron chi connectivity index (χ3n) is 7.38. The topological polar surface area (TPSA) is 131 Å². The van der Waals surface area contributed by atoms with Crippen LogP contribution in [0.1, 0.15) is 48.1 Å². The molecule has 1 aliphatic carbocycles. The molecule has 1 aromatic heterocycles. The van der Waals surface area contributed by atoms with E-state index in [1.165, 1.54) is 19.9 Å². The number of Topliss-reactive ketones (excluding diaryl/α,β-unsaturated/α-hetero) is 2. The number of benzene rings is 2. The molecule has 190 valence electrons. The van der Waals surface area contributed by atoms with E-state index in [1.807, 2.05) is 35.9 Å². The lowest BCUT2D eigenvalue weighted by molar-refractivity contribution is -0.123. The van der Waals surface area contributed by atoms with Gasteiger partial charge >= 0.3 is 0 Å². The number of phenolic OH excluding ortho intramolecular Hbond substituents is 2. The Labute approximate surface area is 213 Å². The number of ketones is 3. The molecule has 1 atom stereocenters. The number of nitrogens with one attached hydrogen (secondary N) is 1. The summed E-state index contributed by atoms with van der Waals surface area (Å²) >= 11 is 0. The summed E-state index contributed by atoms with van der Waals surface area (Å²) in [6.07, 6.45) is 1.77. The van der Waals surface area contributed by atoms with E-state index in [0.29, 0.717) is 18.7 Å². The second-order valence-electron chi connectivity index (χ2n) is 9.64. The number of aryl methyl sites for hydroxylation is 1. The molecule has 37 heavy (non-hydrogen) atoms. The van der Waals surface area contributed by atoms with Gasteiger partial charge in [-0.3, -0.25) is 14.4 Å². The van der Waals surface area contributed by atoms with Crippen molar-refractivity contribution in [3.63, 3.8) is 0 Å². The number of phenols is 2. The van der Waals surface area contributed by atoms with Crippen LogP contribution in [0.3, 0.4) is 0 Å². The number of aromatic hydroxyl groups is 2. The second-order valence-corrected chi connectivity index (χ2v) is 9.64. The maximum absolute atomic E-state index is 13.9. The average Bonchev–Trinajstić information content (AvgIpc) is 3.32. The molecule has 0 fully saturated rings. The SMILES string of the molecule is CC(=O)c1c(O)c(C)c(O)c2c1OC1=CC(=O)C(=C(C)NCCc3nc4ccccc4n3C)C(=O)[C@@]12C. The highest BCUT2D eigenvalue weighted by molar-refractivity contribution is 6.31. The van der Waals surface area contributed by atoms with Crippen molar-refractivity contribution < 1.29 is 29.3 Å². The van der Waals surface area contributed by atoms with Crippen LogP contribution in [-0.4, -0.2) is 43.7 Å². The van der Waals surface area contributed by atoms with Gasteiger partial charge in [0.05, 0.1) is 22.2 Å². The molecular formula is C28H27N3O6. The lowest BCUT2D eigenvalue weighted by atomic mass is 9.70. The van der Waals surface area contributed by atoms with E-state index in [1.54, 1.807) is 13.8 Å². The minimum atomic E-state index is -1.54. The lowest BCUT2D eigenvalue weighted by Crippen LogP contribution is -2.41. The van der Waals surface area contributed by atoms with Crippen LogP contribution in [0.4, 0.5) is 0 Å². The van der Waals surface area contributed by atoms with Gasteiger partial charge in [0, 0.05) is 37.3 Å². The number of fused-ring (bicyclic) bond motifs is 4. The van der Waals surface area contributed by atoms with Crippen molar-refractivity contribution in [2.75, 3.05) is 6.54 Å². The molecular weight excluding hydrogens is 474 g/mol. The normalized spacial score (nSPS) is 19.9. The summed E-state index contributed by atoms with van der Waals surface area (Å²) in [5, 5.41) is 24.6. The van der Waals surface area contributed by atoms with E-state index >= 15 is 0 Å². The molecule has 0 saturated carbocycles. The van der Waals surface area contributed by atoms with Crippen LogP contribution in [0.5, 0.6) is 17.2 Å². The molecule has 0 amide bonds. The Morgan fingerprint density at radius 1 is 1.16 bits per heavy atom. The van der Waals surface area contributed by atoms with Crippen LogP contribution >= 0.6 is 0 Å². The van der Waals surface area contributed by atoms with Crippen LogP contribution in [0, 0.1) is 6.92 Å². The largest absolute Gasteiger partial charge is 0.507 e. The molecule has 9 nitrogen and oxygen atoms in total. The fraction of sp³-hybridized carbons (Fsp3) is 0.286. The summed E-state index contributed by atoms with van der Waals surface area (Å²) in [6.45, 7) is 6.34. The number of allylic oxidation sites excluding steroid dienone is 4. The Bertz CT molecular complexity index is 1610. The summed E-state index contributed by atoms with van der Waals surface area (Å²) in [5.41, 5.74) is 0.703. The number of carbonyl (C=O) groups excluding carboxylic acids is 3. The van der Waals surface area contributed by atoms with Crippen molar-refractivity contribution in [1.82, 2.24) is 14.9 Å². The standard InChI is InChI=1S/C28H27N3O6/c1-13-24(34)22(15(3)32)26-23(25(13)35)28(4)19(37-26)12-18(33)21(27(28)36)14(2)29-11-10-20-30-16-8-6-7-9-17(16)31(20)5/h6-9,12,29,34-35H,10-11H2,1-5H3/t28-/m0/s1. The van der Waals surface area contributed by atoms with Gasteiger partial charge in [0.15, 0.2) is 17.3 Å². The predicted octanol–water partition coefficient (Wildman–Crippen LogP) is 3.29. The van der Waals surface area contributed by atoms with Gasteiger partial charge in [-0.05, 0) is 39.8 Å². The zero-order valence-corrected chi connectivity index (χ0v) is 21.2. The van der Waals surface area contributed by atoms with E-state index in [4.69, 9.17) is 4.74 Å². The van der Waals surface area contributed by atoms with Gasteiger partial charge < -0.3 is 24.8 Å². The van der Waals surface area contributed by atoms with E-state index in [-0.39, 0.29) is 39.5 Å². The van der Waals surface area contributed by atoms with E-state index in [2.05, 4.69) is 10.3 Å². The molecule has 1 aliphatic heterocycles. The quantitative estimate of drug-likeness (QED) is 0.276. The first kappa shape index (κ1) is 24.3. The minimum absolute atomic E-state index is 0.0107. The van der Waals surface area contributed by atoms with Crippen LogP contribution in [-0.2, 0) is 28.5 Å². The van der Waals surface area contributed by atoms with Gasteiger partial charge in [-0.2, -0.15) is 0 Å². The average molecular weight is 502 g/mol. The molecule has 0 bridgehead atoms. The smallest absolute Gasteiger partial charge is 0.194 e. The Kier molecular flexibility index (Phi) is 5.47. The Hall–Kier alpha value is -4.40. The summed E-state index contributed by atoms with van der Waals surface area (Å²) in [6, 6.07) is 7.82. The molecule has 0 radical (unpaired) electrons. The summed E-state index contributed by atoms with van der Waals surface area (Å²) in [4.78, 5) is 43.9. The minimum Gasteiger partial charge on any atom is -0.507 e. The molecule has 0 spiro atoms. The lowest BCUT2D eigenvalue weighted by Gasteiger charge is -2.29. The molecule has 9 heteroatoms. The van der Waals surface area contributed by atoms with Gasteiger partial charge in [-0.15, -0.1) is 0 Å². The Morgan fingerprint density at radius 2 is 1.86 bits per heavy atom. The van der Waals surface area contributed by atoms with Crippen molar-refractivity contribution in [1.29, 1.82) is 0 Å². The zero-order chi connectivity index (χ0) is 26.8. The first-order valence-electron chi connectivity index (χ1n) is 11.9. The van der Waals surface area contributed by atoms with Crippen molar-refractivity contribution in [2.45, 2.75) is 39.5 Å². The number of rotatable bonds is 5. The molecule has 5 rings (SSSR count). The summed E-state index contributed by atoms with van der Waals surface area (Å²) in [5.74, 6) is -1.59. The van der Waals surface area contributed by atoms with E-state index in [9.17, 15) is 24.6 Å². The maximum Gasteiger partial charge on any atom is 0.194 e. The number of imidazole rings is 1. The maximum atomic E-state index is 13.9. The van der Waals surface area contributed by atoms with Gasteiger partial charge in [-0.1, -0.05) is 12.1 Å². The number of ether oxygens (including phenoxy) is 1. The van der Waals surface area contributed by atoms with Crippen molar-refractivity contribution >= 4 is 28.4 Å². The first-order chi connectivity index (χ1) is 17.5. The molecule has 3 aromatic rings. The fourth-order valence-electron chi connectivity index (χ4n) is 5.23. The molecule has 0 unspecified atom stereocenters. The van der Waals surface area contributed by atoms with Gasteiger partial charge in [0.2, 0.25) is 0 Å². The molecule has 0 saturated heterocycles. The van der Waals surface area contributed by atoms with Crippen molar-refractivity contribution in [3.05, 3.63) is 69.9 Å². The van der Waals surface area contributed by atoms with Crippen LogP contribution in [0.25, 0.3) is 11.0 Å². The monoisotopic (exact) mass is 501 g/mol. The highest BCUT2D eigenvalue weighted by atomic mass is 16.5. The highest BCUT2D eigenvalue weighted by Gasteiger charge is 2.56. The predicted molar refractivity (Wildman–Crippen MR) is 136 cm³/mol. The Balaban J connectivity index is 1.50. The zero-order valence-electron chi connectivity index (χ0n) is 21.2. The van der Waals surface area contributed by atoms with E-state index < -0.39 is 28.5 Å². The second kappa shape index (κ2) is 8.33. The summed E-state index contributed by atoms with van der Waals surface area (Å²) in [7, 11) is 1.94. The third kappa shape index (κ3) is 3.37. The van der Waals surface area contributed by atoms with Crippen molar-refractivity contribution in [3.8, 4) is 17.2 Å². The van der Waals surface area contributed by atoms with Gasteiger partial charge in [-0.25, -0.2) is 4.98 Å². The number of aromatic nitrogens is 2. The first-order valence-corrected chi connectivity index (χ1v) is 11.9. The summed E-state index contributed by atoms with van der Waals surface area (Å²) < 4.78 is 7.80. The van der Waals surface area contributed by atoms with Crippen LogP contribution in [0.15, 0.2) is 47.4 Å². The number of hydrogen-bond acceptors (Lipinski definition) is 8. The van der Waals surface area contributed by atoms with Gasteiger partial charge in [0.25, 0.3) is 0 Å². The van der Waals surface area contributed by atoms with Crippen LogP contribution < -0.4 is 10.1 Å². The Morgan fingerprint density at radius 3 is 2.54 bits per heavy atom. The number of para-hydroxylation sites is 2. The third-order valence-corrected chi connectivity index (χ3v) is 7.38. The number of hydrogen-bond donors (Lipinski definition) is 3. The highest BCUT2D eigenvalue weighted by Crippen LogP contribution is 2.57. The fourth-order valence-corrected chi connectivity index (χ4v) is 5.23. The molecule has 2 aromatic carbocycles. The molecule has 3 N–H and O–H groups in total.